The molecule has 0 aliphatic carbocycles. The van der Waals surface area contributed by atoms with Gasteiger partial charge in [-0.1, -0.05) is 11.6 Å². The number of anilines is 2. The fraction of sp³-hybridized carbons (Fsp3) is 0.364. The molecule has 1 unspecified atom stereocenters. The van der Waals surface area contributed by atoms with E-state index < -0.39 is 6.04 Å². The van der Waals surface area contributed by atoms with Crippen molar-refractivity contribution in [1.29, 1.82) is 0 Å². The van der Waals surface area contributed by atoms with Crippen LogP contribution in [0.4, 0.5) is 11.5 Å². The maximum Gasteiger partial charge on any atom is 0.251 e. The van der Waals surface area contributed by atoms with Gasteiger partial charge >= 0.3 is 0 Å². The highest BCUT2D eigenvalue weighted by molar-refractivity contribution is 6.33. The highest BCUT2D eigenvalue weighted by Crippen LogP contribution is 2.24. The molecule has 18 heavy (non-hydrogen) atoms. The fourth-order valence-electron chi connectivity index (χ4n) is 1.77. The predicted octanol–water partition coefficient (Wildman–Crippen LogP) is 0.876. The molecule has 1 aliphatic heterocycles. The smallest absolute Gasteiger partial charge is 0.251 e. The monoisotopic (exact) mass is 268 g/mol. The van der Waals surface area contributed by atoms with Crippen molar-refractivity contribution < 1.29 is 9.59 Å². The molecule has 2 rings (SSSR count). The summed E-state index contributed by atoms with van der Waals surface area (Å²) in [5.74, 6) is -0.0534. The highest BCUT2D eigenvalue weighted by atomic mass is 35.5. The Labute approximate surface area is 109 Å². The molecule has 0 saturated carbocycles. The third kappa shape index (κ3) is 2.38. The van der Waals surface area contributed by atoms with Crippen LogP contribution in [0.25, 0.3) is 0 Å². The number of aromatic nitrogens is 1. The molecule has 1 atom stereocenters. The Hall–Kier alpha value is -1.82. The first-order valence-corrected chi connectivity index (χ1v) is 5.85. The first-order chi connectivity index (χ1) is 8.49. The van der Waals surface area contributed by atoms with E-state index in [1.165, 1.54) is 13.2 Å². The number of halogens is 1. The summed E-state index contributed by atoms with van der Waals surface area (Å²) >= 11 is 5.96. The maximum absolute atomic E-state index is 11.9. The Bertz CT molecular complexity index is 506. The average Bonchev–Trinajstić information content (AvgIpc) is 2.33. The van der Waals surface area contributed by atoms with E-state index in [0.29, 0.717) is 29.4 Å². The second kappa shape index (κ2) is 4.81. The quantitative estimate of drug-likeness (QED) is 0.777. The summed E-state index contributed by atoms with van der Waals surface area (Å²) in [4.78, 5) is 28.3. The molecule has 1 aliphatic rings. The van der Waals surface area contributed by atoms with E-state index in [2.05, 4.69) is 10.3 Å². The Morgan fingerprint density at radius 2 is 2.28 bits per heavy atom. The van der Waals surface area contributed by atoms with Gasteiger partial charge in [-0.05, 0) is 12.5 Å². The molecule has 0 spiro atoms. The van der Waals surface area contributed by atoms with Crippen molar-refractivity contribution in [3.05, 3.63) is 17.3 Å². The molecule has 7 heteroatoms. The molecule has 2 amide bonds. The number of likely N-dealkylation sites (N-methyl/N-ethyl adjacent to an activating group) is 1. The van der Waals surface area contributed by atoms with Crippen LogP contribution in [0.15, 0.2) is 12.3 Å². The number of nitrogens with zero attached hydrogens (tertiary/aromatic N) is 2. The van der Waals surface area contributed by atoms with Crippen molar-refractivity contribution in [3.8, 4) is 0 Å². The predicted molar refractivity (Wildman–Crippen MR) is 68.1 cm³/mol. The van der Waals surface area contributed by atoms with E-state index in [9.17, 15) is 9.59 Å². The van der Waals surface area contributed by atoms with Gasteiger partial charge in [-0.15, -0.1) is 0 Å². The number of likely N-dealkylation sites (tertiary alicyclic amines) is 1. The summed E-state index contributed by atoms with van der Waals surface area (Å²) in [5, 5.41) is 3.28. The number of nitrogens with two attached hydrogens (primary N) is 1. The molecule has 0 aromatic carbocycles. The summed E-state index contributed by atoms with van der Waals surface area (Å²) in [6, 6.07) is 1.07. The molecule has 6 nitrogen and oxygen atoms in total. The van der Waals surface area contributed by atoms with Gasteiger partial charge in [0.2, 0.25) is 5.91 Å². The lowest BCUT2D eigenvalue weighted by Crippen LogP contribution is -2.48. The lowest BCUT2D eigenvalue weighted by atomic mass is 10.0. The topological polar surface area (TPSA) is 88.3 Å². The molecular formula is C11H13ClN4O2. The Morgan fingerprint density at radius 3 is 2.94 bits per heavy atom. The van der Waals surface area contributed by atoms with Gasteiger partial charge in [-0.3, -0.25) is 14.5 Å². The molecule has 1 fully saturated rings. The highest BCUT2D eigenvalue weighted by Gasteiger charge is 2.32. The van der Waals surface area contributed by atoms with Crippen LogP contribution in [0.3, 0.4) is 0 Å². The van der Waals surface area contributed by atoms with E-state index in [1.807, 2.05) is 0 Å². The van der Waals surface area contributed by atoms with E-state index >= 15 is 0 Å². The minimum Gasteiger partial charge on any atom is -0.397 e. The molecular weight excluding hydrogens is 256 g/mol. The second-order valence-corrected chi connectivity index (χ2v) is 4.53. The summed E-state index contributed by atoms with van der Waals surface area (Å²) in [6.45, 7) is 0. The summed E-state index contributed by atoms with van der Waals surface area (Å²) in [6.07, 6.45) is 2.22. The first kappa shape index (κ1) is 12.6. The third-order valence-electron chi connectivity index (χ3n) is 2.82. The number of carbonyl (C=O) groups is 2. The van der Waals surface area contributed by atoms with E-state index in [4.69, 9.17) is 17.3 Å². The fourth-order valence-corrected chi connectivity index (χ4v) is 2.00. The zero-order valence-electron chi connectivity index (χ0n) is 9.81. The van der Waals surface area contributed by atoms with Crippen LogP contribution in [-0.2, 0) is 9.59 Å². The van der Waals surface area contributed by atoms with Gasteiger partial charge < -0.3 is 11.1 Å². The lowest BCUT2D eigenvalue weighted by molar-refractivity contribution is -0.146. The Morgan fingerprint density at radius 1 is 1.56 bits per heavy atom. The van der Waals surface area contributed by atoms with Gasteiger partial charge in [0.25, 0.3) is 5.91 Å². The maximum atomic E-state index is 11.9. The molecule has 1 saturated heterocycles. The molecule has 2 heterocycles. The van der Waals surface area contributed by atoms with Gasteiger partial charge in [-0.25, -0.2) is 4.98 Å². The van der Waals surface area contributed by atoms with Crippen molar-refractivity contribution in [2.45, 2.75) is 18.9 Å². The standard InChI is InChI=1S/C11H13ClN4O2/c1-16-9(17)3-2-8(11(16)18)15-10-7(12)4-6(13)5-14-10/h4-5,8H,2-3,13H2,1H3,(H,14,15). The molecule has 0 radical (unpaired) electrons. The lowest BCUT2D eigenvalue weighted by Gasteiger charge is -2.28. The molecule has 0 bridgehead atoms. The van der Waals surface area contributed by atoms with Crippen LogP contribution in [0.1, 0.15) is 12.8 Å². The number of imide groups is 1. The van der Waals surface area contributed by atoms with E-state index in [-0.39, 0.29) is 11.8 Å². The van der Waals surface area contributed by atoms with Gasteiger partial charge in [-0.2, -0.15) is 0 Å². The number of nitrogens with one attached hydrogen (secondary N) is 1. The number of rotatable bonds is 2. The van der Waals surface area contributed by atoms with Crippen molar-refractivity contribution >= 4 is 34.9 Å². The second-order valence-electron chi connectivity index (χ2n) is 4.13. The van der Waals surface area contributed by atoms with Gasteiger partial charge in [0.05, 0.1) is 16.9 Å². The molecule has 1 aromatic rings. The van der Waals surface area contributed by atoms with E-state index in [0.717, 1.165) is 4.90 Å². The van der Waals surface area contributed by atoms with Crippen LogP contribution in [0.2, 0.25) is 5.02 Å². The Balaban J connectivity index is 2.14. The minimum absolute atomic E-state index is 0.172. The van der Waals surface area contributed by atoms with Crippen LogP contribution < -0.4 is 11.1 Å². The van der Waals surface area contributed by atoms with Crippen LogP contribution >= 0.6 is 11.6 Å². The number of nitrogen functional groups attached to an aromatic ring is 1. The summed E-state index contributed by atoms with van der Waals surface area (Å²) in [5.41, 5.74) is 5.99. The van der Waals surface area contributed by atoms with Crippen molar-refractivity contribution in [2.24, 2.45) is 0 Å². The average molecular weight is 269 g/mol. The van der Waals surface area contributed by atoms with Crippen LogP contribution in [-0.4, -0.2) is 34.8 Å². The number of pyridine rings is 1. The first-order valence-electron chi connectivity index (χ1n) is 5.47. The summed E-state index contributed by atoms with van der Waals surface area (Å²) in [7, 11) is 1.47. The zero-order valence-corrected chi connectivity index (χ0v) is 10.6. The largest absolute Gasteiger partial charge is 0.397 e. The SMILES string of the molecule is CN1C(=O)CCC(Nc2ncc(N)cc2Cl)C1=O. The van der Waals surface area contributed by atoms with Crippen LogP contribution in [0, 0.1) is 0 Å². The minimum atomic E-state index is -0.485. The molecule has 1 aromatic heterocycles. The molecule has 96 valence electrons. The zero-order chi connectivity index (χ0) is 13.3. The van der Waals surface area contributed by atoms with Crippen molar-refractivity contribution in [1.82, 2.24) is 9.88 Å². The number of hydrogen-bond donors (Lipinski definition) is 2. The van der Waals surface area contributed by atoms with Gasteiger partial charge in [0, 0.05) is 13.5 Å². The number of amides is 2. The number of piperidine rings is 1. The number of carbonyl (C=O) groups excluding carboxylic acids is 2. The van der Waals surface area contributed by atoms with Crippen molar-refractivity contribution in [2.75, 3.05) is 18.1 Å². The summed E-state index contributed by atoms with van der Waals surface area (Å²) < 4.78 is 0. The molecule has 3 N–H and O–H groups in total. The third-order valence-corrected chi connectivity index (χ3v) is 3.11. The van der Waals surface area contributed by atoms with Gasteiger partial charge in [0.1, 0.15) is 11.9 Å². The Kier molecular flexibility index (Phi) is 3.38. The van der Waals surface area contributed by atoms with Gasteiger partial charge in [0.15, 0.2) is 0 Å². The van der Waals surface area contributed by atoms with Crippen LogP contribution in [0.5, 0.6) is 0 Å². The number of hydrogen-bond acceptors (Lipinski definition) is 5. The van der Waals surface area contributed by atoms with Crippen molar-refractivity contribution in [3.63, 3.8) is 0 Å². The normalized spacial score (nSPS) is 20.1. The van der Waals surface area contributed by atoms with E-state index in [1.54, 1.807) is 6.07 Å².